The van der Waals surface area contributed by atoms with Crippen molar-refractivity contribution in [2.45, 2.75) is 11.8 Å². The molecule has 0 atom stereocenters. The van der Waals surface area contributed by atoms with Crippen molar-refractivity contribution in [1.82, 2.24) is 0 Å². The Morgan fingerprint density at radius 3 is 2.39 bits per heavy atom. The van der Waals surface area contributed by atoms with Crippen molar-refractivity contribution in [2.75, 3.05) is 12.4 Å². The van der Waals surface area contributed by atoms with Crippen molar-refractivity contribution in [3.05, 3.63) is 82.9 Å². The first-order valence-electron chi connectivity index (χ1n) is 10.5. The number of phenolic OH excluding ortho intramolecular Hbond substituents is 1. The Bertz CT molecular complexity index is 1620. The number of rotatable bonds is 6. The maximum absolute atomic E-state index is 13.0. The van der Waals surface area contributed by atoms with Crippen LogP contribution < -0.4 is 10.1 Å². The summed E-state index contributed by atoms with van der Waals surface area (Å²) in [5.41, 5.74) is 1.05. The van der Waals surface area contributed by atoms with E-state index in [0.29, 0.717) is 27.8 Å². The van der Waals surface area contributed by atoms with E-state index < -0.39 is 26.7 Å². The van der Waals surface area contributed by atoms with Gasteiger partial charge in [0, 0.05) is 11.1 Å². The first-order chi connectivity index (χ1) is 17.1. The van der Waals surface area contributed by atoms with Crippen molar-refractivity contribution < 1.29 is 27.6 Å². The number of hydrogen-bond donors (Lipinski definition) is 3. The van der Waals surface area contributed by atoms with Crippen molar-refractivity contribution in [1.29, 1.82) is 0 Å². The lowest BCUT2D eigenvalue weighted by Gasteiger charge is -2.12. The molecule has 0 heterocycles. The molecule has 4 aromatic carbocycles. The number of methoxy groups -OCH3 is 1. The second-order valence-electron chi connectivity index (χ2n) is 7.77. The first kappa shape index (κ1) is 25.1. The van der Waals surface area contributed by atoms with Gasteiger partial charge in [-0.2, -0.15) is 13.5 Å². The molecule has 4 aromatic rings. The summed E-state index contributed by atoms with van der Waals surface area (Å²) in [4.78, 5) is 12.5. The summed E-state index contributed by atoms with van der Waals surface area (Å²) in [6, 6.07) is 17.6. The molecule has 4 rings (SSSR count). The second-order valence-corrected chi connectivity index (χ2v) is 9.57. The number of fused-ring (bicyclic) bond motifs is 1. The van der Waals surface area contributed by atoms with Crippen LogP contribution >= 0.6 is 11.6 Å². The van der Waals surface area contributed by atoms with Crippen LogP contribution in [0, 0.1) is 6.92 Å². The smallest absolute Gasteiger partial charge is 0.296 e. The number of halogens is 1. The minimum absolute atomic E-state index is 0.00994. The fraction of sp³-hybridized carbons (Fsp3) is 0.0800. The van der Waals surface area contributed by atoms with Crippen LogP contribution in [-0.2, 0) is 10.1 Å². The number of aryl methyl sites for hydroxylation is 1. The molecule has 0 aliphatic heterocycles. The van der Waals surface area contributed by atoms with E-state index in [1.165, 1.54) is 19.2 Å². The number of azo groups is 1. The number of amides is 1. The van der Waals surface area contributed by atoms with Crippen LogP contribution in [-0.4, -0.2) is 31.1 Å². The Kier molecular flexibility index (Phi) is 6.93. The van der Waals surface area contributed by atoms with E-state index in [1.54, 1.807) is 55.5 Å². The fourth-order valence-corrected chi connectivity index (χ4v) is 4.59. The second kappa shape index (κ2) is 9.94. The molecule has 3 N–H and O–H groups in total. The lowest BCUT2D eigenvalue weighted by Crippen LogP contribution is -2.12. The molecule has 0 saturated carbocycles. The highest BCUT2D eigenvalue weighted by atomic mass is 35.5. The van der Waals surface area contributed by atoms with E-state index in [2.05, 4.69) is 15.5 Å². The van der Waals surface area contributed by atoms with Crippen LogP contribution in [0.15, 0.2) is 81.9 Å². The molecule has 0 radical (unpaired) electrons. The predicted molar refractivity (Wildman–Crippen MR) is 137 cm³/mol. The van der Waals surface area contributed by atoms with Crippen molar-refractivity contribution in [3.63, 3.8) is 0 Å². The number of carbonyl (C=O) groups excluding carboxylic acids is 1. The van der Waals surface area contributed by atoms with Crippen LogP contribution in [0.2, 0.25) is 5.02 Å². The summed E-state index contributed by atoms with van der Waals surface area (Å²) < 4.78 is 37.8. The number of carbonyl (C=O) groups is 1. The first-order valence-corrected chi connectivity index (χ1v) is 12.3. The number of benzene rings is 4. The third kappa shape index (κ3) is 5.15. The monoisotopic (exact) mass is 525 g/mol. The number of hydrogen-bond acceptors (Lipinski definition) is 7. The van der Waals surface area contributed by atoms with Crippen molar-refractivity contribution in [2.24, 2.45) is 10.2 Å². The van der Waals surface area contributed by atoms with Crippen LogP contribution in [0.1, 0.15) is 15.9 Å². The predicted octanol–water partition coefficient (Wildman–Crippen LogP) is 6.43. The minimum Gasteiger partial charge on any atom is -0.505 e. The molecule has 0 bridgehead atoms. The lowest BCUT2D eigenvalue weighted by molar-refractivity contribution is 0.102. The number of aromatic hydroxyl groups is 1. The molecule has 1 amide bonds. The van der Waals surface area contributed by atoms with Crippen LogP contribution in [0.3, 0.4) is 0 Å². The van der Waals surface area contributed by atoms with E-state index in [0.717, 1.165) is 6.07 Å². The van der Waals surface area contributed by atoms with Crippen LogP contribution in [0.4, 0.5) is 17.1 Å². The van der Waals surface area contributed by atoms with Gasteiger partial charge in [0.15, 0.2) is 5.75 Å². The highest BCUT2D eigenvalue weighted by Gasteiger charge is 2.20. The Labute approximate surface area is 211 Å². The molecular formula is C25H20ClN3O6S. The zero-order valence-corrected chi connectivity index (χ0v) is 20.6. The fourth-order valence-electron chi connectivity index (χ4n) is 3.52. The van der Waals surface area contributed by atoms with Gasteiger partial charge < -0.3 is 15.2 Å². The zero-order chi connectivity index (χ0) is 26.0. The molecule has 0 aliphatic rings. The Hall–Kier alpha value is -3.99. The van der Waals surface area contributed by atoms with E-state index in [4.69, 9.17) is 16.3 Å². The molecule has 0 aliphatic carbocycles. The number of anilines is 1. The number of nitrogens with one attached hydrogen (secondary N) is 1. The Morgan fingerprint density at radius 2 is 1.72 bits per heavy atom. The number of phenols is 1. The molecule has 9 nitrogen and oxygen atoms in total. The maximum Gasteiger partial charge on any atom is 0.296 e. The summed E-state index contributed by atoms with van der Waals surface area (Å²) in [7, 11) is -3.06. The van der Waals surface area contributed by atoms with Gasteiger partial charge in [-0.1, -0.05) is 35.9 Å². The molecule has 36 heavy (non-hydrogen) atoms. The van der Waals surface area contributed by atoms with Gasteiger partial charge in [0.1, 0.15) is 16.3 Å². The van der Waals surface area contributed by atoms with Crippen LogP contribution in [0.25, 0.3) is 10.8 Å². The lowest BCUT2D eigenvalue weighted by atomic mass is 10.0. The zero-order valence-electron chi connectivity index (χ0n) is 19.1. The van der Waals surface area contributed by atoms with Gasteiger partial charge in [-0.05, 0) is 60.3 Å². The molecule has 11 heteroatoms. The SMILES string of the molecule is COc1ccc(NC(=O)c2cc3ccccc3c(N=Nc3cc(S(=O)(=O)O)c(Cl)cc3C)c2O)cc1. The average molecular weight is 526 g/mol. The Balaban J connectivity index is 1.78. The van der Waals surface area contributed by atoms with E-state index in [9.17, 15) is 22.9 Å². The molecule has 0 aromatic heterocycles. The van der Waals surface area contributed by atoms with Gasteiger partial charge >= 0.3 is 0 Å². The quantitative estimate of drug-likeness (QED) is 0.196. The summed E-state index contributed by atoms with van der Waals surface area (Å²) >= 11 is 5.94. The summed E-state index contributed by atoms with van der Waals surface area (Å²) in [5, 5.41) is 22.9. The number of ether oxygens (including phenoxy) is 1. The van der Waals surface area contributed by atoms with Gasteiger partial charge in [-0.15, -0.1) is 5.11 Å². The highest BCUT2D eigenvalue weighted by Crippen LogP contribution is 2.40. The van der Waals surface area contributed by atoms with Gasteiger partial charge in [-0.3, -0.25) is 9.35 Å². The van der Waals surface area contributed by atoms with Gasteiger partial charge in [0.05, 0.1) is 23.4 Å². The standard InChI is InChI=1S/C25H20ClN3O6S/c1-14-11-20(26)22(36(32,33)34)13-21(14)28-29-23-18-6-4-3-5-15(18)12-19(24(23)30)25(31)27-16-7-9-17(35-2)10-8-16/h3-13,30H,1-2H3,(H,27,31)(H,32,33,34). The van der Waals surface area contributed by atoms with Crippen molar-refractivity contribution in [3.8, 4) is 11.5 Å². The van der Waals surface area contributed by atoms with E-state index >= 15 is 0 Å². The molecule has 0 spiro atoms. The molecule has 0 unspecified atom stereocenters. The molecule has 184 valence electrons. The average Bonchev–Trinajstić information content (AvgIpc) is 2.83. The summed E-state index contributed by atoms with van der Waals surface area (Å²) in [6.07, 6.45) is 0. The third-order valence-corrected chi connectivity index (χ3v) is 6.69. The van der Waals surface area contributed by atoms with E-state index in [1.807, 2.05) is 0 Å². The van der Waals surface area contributed by atoms with Gasteiger partial charge in [0.2, 0.25) is 0 Å². The Morgan fingerprint density at radius 1 is 1.03 bits per heavy atom. The highest BCUT2D eigenvalue weighted by molar-refractivity contribution is 7.86. The third-order valence-electron chi connectivity index (χ3n) is 5.37. The van der Waals surface area contributed by atoms with Crippen molar-refractivity contribution >= 4 is 55.5 Å². The van der Waals surface area contributed by atoms with Gasteiger partial charge in [-0.25, -0.2) is 0 Å². The largest absolute Gasteiger partial charge is 0.505 e. The van der Waals surface area contributed by atoms with E-state index in [-0.39, 0.29) is 22.0 Å². The van der Waals surface area contributed by atoms with Crippen LogP contribution in [0.5, 0.6) is 11.5 Å². The maximum atomic E-state index is 13.0. The topological polar surface area (TPSA) is 138 Å². The molecule has 0 saturated heterocycles. The minimum atomic E-state index is -4.59. The molecule has 0 fully saturated rings. The summed E-state index contributed by atoms with van der Waals surface area (Å²) in [6.45, 7) is 1.63. The van der Waals surface area contributed by atoms with Gasteiger partial charge in [0.25, 0.3) is 16.0 Å². The normalized spacial score (nSPS) is 11.7. The number of nitrogens with zero attached hydrogens (tertiary/aromatic N) is 2. The molecular weight excluding hydrogens is 506 g/mol. The summed E-state index contributed by atoms with van der Waals surface area (Å²) in [5.74, 6) is -0.361.